The van der Waals surface area contributed by atoms with Crippen molar-refractivity contribution in [3.63, 3.8) is 0 Å². The molecule has 0 fully saturated rings. The second-order valence-corrected chi connectivity index (χ2v) is 17.2. The van der Waals surface area contributed by atoms with Gasteiger partial charge in [0.1, 0.15) is 0 Å². The number of nitrogens with zero attached hydrogens (tertiary/aromatic N) is 5. The Balaban J connectivity index is 1.09. The lowest BCUT2D eigenvalue weighted by molar-refractivity contribution is 0.955. The van der Waals surface area contributed by atoms with Gasteiger partial charge in [-0.1, -0.05) is 212 Å². The summed E-state index contributed by atoms with van der Waals surface area (Å²) in [5.74, 6) is 1.77. The molecular formula is C63H41N5. The molecule has 13 rings (SSSR count). The normalized spacial score (nSPS) is 11.5. The van der Waals surface area contributed by atoms with Crippen molar-refractivity contribution in [2.75, 3.05) is 0 Å². The van der Waals surface area contributed by atoms with Crippen molar-refractivity contribution in [2.45, 2.75) is 0 Å². The van der Waals surface area contributed by atoms with Crippen LogP contribution in [0.1, 0.15) is 0 Å². The average molecular weight is 868 g/mol. The van der Waals surface area contributed by atoms with Crippen LogP contribution >= 0.6 is 0 Å². The Morgan fingerprint density at radius 2 is 0.735 bits per heavy atom. The minimum absolute atomic E-state index is 0.555. The summed E-state index contributed by atoms with van der Waals surface area (Å²) in [6, 6.07) is 88.3. The molecule has 10 aromatic carbocycles. The molecule has 0 aliphatic rings. The van der Waals surface area contributed by atoms with Crippen LogP contribution < -0.4 is 0 Å². The van der Waals surface area contributed by atoms with Crippen molar-refractivity contribution in [2.24, 2.45) is 0 Å². The maximum Gasteiger partial charge on any atom is 0.238 e. The van der Waals surface area contributed by atoms with Gasteiger partial charge in [0.2, 0.25) is 5.95 Å². The third-order valence-corrected chi connectivity index (χ3v) is 13.2. The smallest absolute Gasteiger partial charge is 0.238 e. The molecule has 0 amide bonds. The topological polar surface area (TPSA) is 48.5 Å². The fourth-order valence-electron chi connectivity index (χ4n) is 10.0. The van der Waals surface area contributed by atoms with Crippen molar-refractivity contribution in [1.82, 2.24) is 24.1 Å². The van der Waals surface area contributed by atoms with Gasteiger partial charge in [-0.15, -0.1) is 0 Å². The van der Waals surface area contributed by atoms with Gasteiger partial charge in [0.15, 0.2) is 11.6 Å². The van der Waals surface area contributed by atoms with Gasteiger partial charge in [0, 0.05) is 38.2 Å². The van der Waals surface area contributed by atoms with E-state index in [1.807, 2.05) is 24.3 Å². The summed E-state index contributed by atoms with van der Waals surface area (Å²) < 4.78 is 4.73. The SMILES string of the molecule is c1ccc(-c2cccc(-c3ccc(-c4ccccc4)c(-n4c5ccccc5c5c4ccc4c6ccccc6n(-c6nc(-c7ccccc7)nc(-c7cccc(-c8ccccc8)c7)n6)c45)c3)c2)cc1. The first-order chi connectivity index (χ1) is 33.7. The molecule has 5 heteroatoms. The molecular weight excluding hydrogens is 827 g/mol. The Bertz CT molecular complexity index is 4010. The van der Waals surface area contributed by atoms with Gasteiger partial charge in [-0.3, -0.25) is 4.57 Å². The van der Waals surface area contributed by atoms with Crippen LogP contribution in [0.3, 0.4) is 0 Å². The standard InChI is InChI=1S/C63H41N5/c1-5-19-42(20-6-1)46-27-17-29-48(39-46)49-35-36-51(44-23-9-3-10-24-44)58(41-49)67-56-34-16-14-32-54(56)59-57(67)38-37-53-52-31-13-15-33-55(52)68(60(53)59)63-65-61(45-25-11-4-12-26-45)64-62(66-63)50-30-18-28-47(40-50)43-21-7-2-8-22-43/h1-41H. The van der Waals surface area contributed by atoms with Crippen molar-refractivity contribution in [3.8, 4) is 78.9 Å². The summed E-state index contributed by atoms with van der Waals surface area (Å²) in [7, 11) is 0. The van der Waals surface area contributed by atoms with E-state index in [4.69, 9.17) is 15.0 Å². The van der Waals surface area contributed by atoms with Gasteiger partial charge in [-0.05, 0) is 75.3 Å². The molecule has 0 unspecified atom stereocenters. The molecule has 3 heterocycles. The number of benzene rings is 10. The summed E-state index contributed by atoms with van der Waals surface area (Å²) in [6.45, 7) is 0. The van der Waals surface area contributed by atoms with Crippen LogP contribution in [0, 0.1) is 0 Å². The zero-order valence-electron chi connectivity index (χ0n) is 36.9. The number of rotatable bonds is 8. The molecule has 5 nitrogen and oxygen atoms in total. The van der Waals surface area contributed by atoms with E-state index in [2.05, 4.69) is 234 Å². The number of hydrogen-bond donors (Lipinski definition) is 0. The fourth-order valence-corrected chi connectivity index (χ4v) is 10.0. The highest BCUT2D eigenvalue weighted by Gasteiger charge is 2.24. The van der Waals surface area contributed by atoms with Gasteiger partial charge in [0.25, 0.3) is 0 Å². The monoisotopic (exact) mass is 867 g/mol. The highest BCUT2D eigenvalue weighted by molar-refractivity contribution is 6.26. The van der Waals surface area contributed by atoms with E-state index in [-0.39, 0.29) is 0 Å². The molecule has 0 saturated carbocycles. The highest BCUT2D eigenvalue weighted by Crippen LogP contribution is 2.44. The van der Waals surface area contributed by atoms with Gasteiger partial charge in [0.05, 0.1) is 27.8 Å². The first kappa shape index (κ1) is 39.2. The maximum absolute atomic E-state index is 5.42. The fraction of sp³-hybridized carbons (Fsp3) is 0. The quantitative estimate of drug-likeness (QED) is 0.153. The lowest BCUT2D eigenvalue weighted by atomic mass is 9.95. The summed E-state index contributed by atoms with van der Waals surface area (Å²) >= 11 is 0. The molecule has 0 N–H and O–H groups in total. The van der Waals surface area contributed by atoms with Gasteiger partial charge >= 0.3 is 0 Å². The lowest BCUT2D eigenvalue weighted by Crippen LogP contribution is -2.06. The number of hydrogen-bond acceptors (Lipinski definition) is 3. The number of fused-ring (bicyclic) bond motifs is 7. The largest absolute Gasteiger partial charge is 0.309 e. The van der Waals surface area contributed by atoms with E-state index >= 15 is 0 Å². The Labute approximate surface area is 393 Å². The predicted octanol–water partition coefficient (Wildman–Crippen LogP) is 16.1. The van der Waals surface area contributed by atoms with Crippen LogP contribution in [0.25, 0.3) is 123 Å². The maximum atomic E-state index is 5.42. The van der Waals surface area contributed by atoms with Crippen LogP contribution in [0.15, 0.2) is 249 Å². The second-order valence-electron chi connectivity index (χ2n) is 17.2. The third-order valence-electron chi connectivity index (χ3n) is 13.2. The van der Waals surface area contributed by atoms with E-state index in [0.29, 0.717) is 17.6 Å². The van der Waals surface area contributed by atoms with Gasteiger partial charge in [-0.2, -0.15) is 9.97 Å². The van der Waals surface area contributed by atoms with Gasteiger partial charge in [-0.25, -0.2) is 4.98 Å². The van der Waals surface area contributed by atoms with Crippen molar-refractivity contribution in [1.29, 1.82) is 0 Å². The summed E-state index contributed by atoms with van der Waals surface area (Å²) in [6.07, 6.45) is 0. The molecule has 0 atom stereocenters. The molecule has 68 heavy (non-hydrogen) atoms. The predicted molar refractivity (Wildman–Crippen MR) is 281 cm³/mol. The van der Waals surface area contributed by atoms with E-state index in [9.17, 15) is 0 Å². The molecule has 0 saturated heterocycles. The molecule has 0 aliphatic carbocycles. The second kappa shape index (κ2) is 16.4. The van der Waals surface area contributed by atoms with Crippen LogP contribution in [0.4, 0.5) is 0 Å². The van der Waals surface area contributed by atoms with E-state index < -0.39 is 0 Å². The Morgan fingerprint density at radius 1 is 0.265 bits per heavy atom. The first-order valence-corrected chi connectivity index (χ1v) is 23.0. The molecule has 3 aromatic heterocycles. The molecule has 0 radical (unpaired) electrons. The Kier molecular flexibility index (Phi) is 9.43. The third kappa shape index (κ3) is 6.68. The summed E-state index contributed by atoms with van der Waals surface area (Å²) in [5, 5.41) is 4.51. The number of aromatic nitrogens is 5. The van der Waals surface area contributed by atoms with E-state index in [1.54, 1.807) is 0 Å². The zero-order valence-corrected chi connectivity index (χ0v) is 36.9. The molecule has 0 bridgehead atoms. The highest BCUT2D eigenvalue weighted by atomic mass is 15.2. The van der Waals surface area contributed by atoms with Crippen LogP contribution in [0.5, 0.6) is 0 Å². The first-order valence-electron chi connectivity index (χ1n) is 23.0. The molecule has 0 aliphatic heterocycles. The van der Waals surface area contributed by atoms with Crippen molar-refractivity contribution < 1.29 is 0 Å². The number of para-hydroxylation sites is 2. The molecule has 0 spiro atoms. The van der Waals surface area contributed by atoms with Crippen LogP contribution in [-0.2, 0) is 0 Å². The van der Waals surface area contributed by atoms with E-state index in [0.717, 1.165) is 93.8 Å². The molecule has 318 valence electrons. The Hall–Kier alpha value is -9.19. The van der Waals surface area contributed by atoms with E-state index in [1.165, 1.54) is 11.1 Å². The Morgan fingerprint density at radius 3 is 1.38 bits per heavy atom. The zero-order chi connectivity index (χ0) is 45.0. The summed E-state index contributed by atoms with van der Waals surface area (Å²) in [4.78, 5) is 16.0. The van der Waals surface area contributed by atoms with Crippen LogP contribution in [-0.4, -0.2) is 24.1 Å². The minimum Gasteiger partial charge on any atom is -0.309 e. The average Bonchev–Trinajstić information content (AvgIpc) is 3.95. The minimum atomic E-state index is 0.555. The van der Waals surface area contributed by atoms with Crippen molar-refractivity contribution >= 4 is 43.6 Å². The summed E-state index contributed by atoms with van der Waals surface area (Å²) in [5.41, 5.74) is 16.4. The lowest BCUT2D eigenvalue weighted by Gasteiger charge is -2.17. The van der Waals surface area contributed by atoms with Gasteiger partial charge < -0.3 is 4.57 Å². The molecule has 13 aromatic rings. The van der Waals surface area contributed by atoms with Crippen molar-refractivity contribution in [3.05, 3.63) is 249 Å². The van der Waals surface area contributed by atoms with Crippen LogP contribution in [0.2, 0.25) is 0 Å².